The molecule has 4 aromatic rings. The van der Waals surface area contributed by atoms with E-state index >= 15 is 0 Å². The van der Waals surface area contributed by atoms with Crippen molar-refractivity contribution in [2.24, 2.45) is 0 Å². The average Bonchev–Trinajstić information content (AvgIpc) is 2.99. The van der Waals surface area contributed by atoms with Gasteiger partial charge in [-0.25, -0.2) is 4.79 Å². The summed E-state index contributed by atoms with van der Waals surface area (Å²) in [4.78, 5) is 12.2. The smallest absolute Gasteiger partial charge is 0.323 e. The summed E-state index contributed by atoms with van der Waals surface area (Å²) in [5.41, 5.74) is 3.45. The summed E-state index contributed by atoms with van der Waals surface area (Å²) in [5.74, 6) is 1.37. The number of ether oxygens (including phenoxy) is 2. The van der Waals surface area contributed by atoms with Crippen LogP contribution in [0.25, 0.3) is 0 Å². The van der Waals surface area contributed by atoms with Crippen LogP contribution in [0.15, 0.2) is 109 Å². The second kappa shape index (κ2) is 15.3. The molecule has 40 heavy (non-hydrogen) atoms. The number of anilines is 2. The number of amides is 2. The minimum atomic E-state index is -0.752. The van der Waals surface area contributed by atoms with Crippen molar-refractivity contribution in [2.45, 2.75) is 25.2 Å². The normalized spacial score (nSPS) is 12.2. The van der Waals surface area contributed by atoms with E-state index in [1.807, 2.05) is 97.1 Å². The lowest BCUT2D eigenvalue weighted by molar-refractivity contribution is 0.0997. The molecule has 8 heteroatoms. The maximum Gasteiger partial charge on any atom is 0.323 e. The molecule has 0 heterocycles. The number of rotatable bonds is 14. The van der Waals surface area contributed by atoms with E-state index in [4.69, 9.17) is 9.47 Å². The summed E-state index contributed by atoms with van der Waals surface area (Å²) in [5, 5.41) is 28.9. The van der Waals surface area contributed by atoms with Gasteiger partial charge in [-0.1, -0.05) is 60.7 Å². The van der Waals surface area contributed by atoms with Crippen LogP contribution in [0.1, 0.15) is 11.1 Å². The molecule has 0 unspecified atom stereocenters. The lowest BCUT2D eigenvalue weighted by atomic mass is 10.1. The van der Waals surface area contributed by atoms with Gasteiger partial charge in [-0.3, -0.25) is 0 Å². The molecule has 208 valence electrons. The van der Waals surface area contributed by atoms with Crippen molar-refractivity contribution in [1.82, 2.24) is 5.32 Å². The minimum absolute atomic E-state index is 0.0858. The number of aliphatic hydroxyl groups is 2. The fraction of sp³-hybridized carbons (Fsp3) is 0.219. The van der Waals surface area contributed by atoms with Gasteiger partial charge in [0.15, 0.2) is 0 Å². The molecule has 0 aromatic heterocycles. The summed E-state index contributed by atoms with van der Waals surface area (Å²) in [6, 6.07) is 33.3. The fourth-order valence-corrected chi connectivity index (χ4v) is 3.95. The Kier molecular flexibility index (Phi) is 10.9. The maximum absolute atomic E-state index is 12.2. The van der Waals surface area contributed by atoms with Gasteiger partial charge in [-0.2, -0.15) is 0 Å². The Bertz CT molecular complexity index is 1290. The molecule has 0 aliphatic rings. The van der Waals surface area contributed by atoms with Crippen molar-refractivity contribution in [3.63, 3.8) is 0 Å². The lowest BCUT2D eigenvalue weighted by Crippen LogP contribution is -2.41. The number of benzene rings is 4. The monoisotopic (exact) mass is 541 g/mol. The summed E-state index contributed by atoms with van der Waals surface area (Å²) in [6.45, 7) is 0.783. The lowest BCUT2D eigenvalue weighted by Gasteiger charge is -2.19. The van der Waals surface area contributed by atoms with Crippen molar-refractivity contribution in [3.8, 4) is 11.5 Å². The molecule has 8 nitrogen and oxygen atoms in total. The van der Waals surface area contributed by atoms with Gasteiger partial charge in [0.2, 0.25) is 0 Å². The third-order valence-corrected chi connectivity index (χ3v) is 6.10. The highest BCUT2D eigenvalue weighted by molar-refractivity contribution is 5.99. The number of hydrogen-bond donors (Lipinski definition) is 5. The Balaban J connectivity index is 1.15. The Hall–Kier alpha value is -4.37. The van der Waals surface area contributed by atoms with E-state index in [1.54, 1.807) is 12.1 Å². The molecule has 0 saturated heterocycles. The number of para-hydroxylation sites is 1. The first kappa shape index (κ1) is 28.6. The van der Waals surface area contributed by atoms with E-state index in [0.717, 1.165) is 16.9 Å². The van der Waals surface area contributed by atoms with Crippen LogP contribution < -0.4 is 25.4 Å². The molecule has 0 spiro atoms. The highest BCUT2D eigenvalue weighted by Gasteiger charge is 2.12. The Morgan fingerprint density at radius 1 is 0.700 bits per heavy atom. The summed E-state index contributed by atoms with van der Waals surface area (Å²) in [7, 11) is 0. The molecule has 2 amide bonds. The van der Waals surface area contributed by atoms with Gasteiger partial charge in [0.05, 0.1) is 6.61 Å². The van der Waals surface area contributed by atoms with Crippen LogP contribution >= 0.6 is 0 Å². The van der Waals surface area contributed by atoms with E-state index in [0.29, 0.717) is 30.2 Å². The third-order valence-electron chi connectivity index (χ3n) is 6.10. The number of carbonyl (C=O) groups is 1. The summed E-state index contributed by atoms with van der Waals surface area (Å²) < 4.78 is 11.5. The fourth-order valence-electron chi connectivity index (χ4n) is 3.95. The van der Waals surface area contributed by atoms with Gasteiger partial charge in [-0.15, -0.1) is 0 Å². The number of hydrogen-bond acceptors (Lipinski definition) is 6. The van der Waals surface area contributed by atoms with Crippen LogP contribution in [0, 0.1) is 0 Å². The quantitative estimate of drug-likeness (QED) is 0.156. The number of aliphatic hydroxyl groups excluding tert-OH is 2. The van der Waals surface area contributed by atoms with Crippen molar-refractivity contribution in [2.75, 3.05) is 30.4 Å². The first-order chi connectivity index (χ1) is 19.6. The predicted molar refractivity (Wildman–Crippen MR) is 157 cm³/mol. The van der Waals surface area contributed by atoms with Gasteiger partial charge in [0.25, 0.3) is 0 Å². The average molecular weight is 542 g/mol. The first-order valence-corrected chi connectivity index (χ1v) is 13.2. The van der Waals surface area contributed by atoms with Crippen LogP contribution in [0.2, 0.25) is 0 Å². The Morgan fingerprint density at radius 3 is 1.90 bits per heavy atom. The van der Waals surface area contributed by atoms with Crippen LogP contribution in [0.4, 0.5) is 16.2 Å². The van der Waals surface area contributed by atoms with Gasteiger partial charge in [0, 0.05) is 24.0 Å². The third kappa shape index (κ3) is 9.74. The molecule has 5 N–H and O–H groups in total. The van der Waals surface area contributed by atoms with Crippen LogP contribution in [-0.4, -0.2) is 48.1 Å². The van der Waals surface area contributed by atoms with Gasteiger partial charge >= 0.3 is 6.03 Å². The zero-order valence-corrected chi connectivity index (χ0v) is 22.2. The van der Waals surface area contributed by atoms with Crippen molar-refractivity contribution in [3.05, 3.63) is 120 Å². The predicted octanol–water partition coefficient (Wildman–Crippen LogP) is 4.84. The van der Waals surface area contributed by atoms with Gasteiger partial charge in [0.1, 0.15) is 30.8 Å². The molecular weight excluding hydrogens is 506 g/mol. The summed E-state index contributed by atoms with van der Waals surface area (Å²) >= 11 is 0. The van der Waals surface area contributed by atoms with Crippen LogP contribution in [0.3, 0.4) is 0 Å². The zero-order valence-electron chi connectivity index (χ0n) is 22.2. The van der Waals surface area contributed by atoms with Gasteiger partial charge < -0.3 is 35.6 Å². The molecule has 4 aromatic carbocycles. The zero-order chi connectivity index (χ0) is 28.0. The molecule has 0 aliphatic heterocycles. The highest BCUT2D eigenvalue weighted by Crippen LogP contribution is 2.19. The van der Waals surface area contributed by atoms with E-state index in [-0.39, 0.29) is 31.8 Å². The molecule has 0 aliphatic carbocycles. The molecule has 2 atom stereocenters. The minimum Gasteiger partial charge on any atom is -0.491 e. The van der Waals surface area contributed by atoms with E-state index < -0.39 is 6.10 Å². The molecule has 0 saturated carbocycles. The standard InChI is InChI=1S/C32H35N3O5/c36-21-28(19-24-11-13-27(14-12-24)35-32(38)34-26-9-5-2-6-10-26)33-20-29(37)23-40-31-17-15-30(16-18-31)39-22-25-7-3-1-4-8-25/h1-18,28-29,33,36-37H,19-23H2,(H2,34,35,38)/t28-,29-/m0/s1. The first-order valence-electron chi connectivity index (χ1n) is 13.2. The molecule has 0 radical (unpaired) electrons. The molecule has 0 fully saturated rings. The SMILES string of the molecule is O=C(Nc1ccccc1)Nc1ccc(C[C@@H](CO)NC[C@H](O)COc2ccc(OCc3ccccc3)cc2)cc1. The molecular formula is C32H35N3O5. The van der Waals surface area contributed by atoms with Crippen LogP contribution in [0.5, 0.6) is 11.5 Å². The highest BCUT2D eigenvalue weighted by atomic mass is 16.5. The molecule has 4 rings (SSSR count). The van der Waals surface area contributed by atoms with Gasteiger partial charge in [-0.05, 0) is 66.1 Å². The van der Waals surface area contributed by atoms with Crippen molar-refractivity contribution < 1.29 is 24.5 Å². The molecule has 0 bridgehead atoms. The Morgan fingerprint density at radius 2 is 1.27 bits per heavy atom. The van der Waals surface area contributed by atoms with Crippen molar-refractivity contribution in [1.29, 1.82) is 0 Å². The second-order valence-electron chi connectivity index (χ2n) is 9.34. The van der Waals surface area contributed by atoms with E-state index in [9.17, 15) is 15.0 Å². The number of nitrogens with one attached hydrogen (secondary N) is 3. The second-order valence-corrected chi connectivity index (χ2v) is 9.34. The van der Waals surface area contributed by atoms with E-state index in [1.165, 1.54) is 0 Å². The summed E-state index contributed by atoms with van der Waals surface area (Å²) in [6.07, 6.45) is -0.192. The number of carbonyl (C=O) groups excluding carboxylic acids is 1. The van der Waals surface area contributed by atoms with Crippen molar-refractivity contribution >= 4 is 17.4 Å². The number of urea groups is 1. The van der Waals surface area contributed by atoms with E-state index in [2.05, 4.69) is 16.0 Å². The Labute approximate surface area is 234 Å². The maximum atomic E-state index is 12.2. The van der Waals surface area contributed by atoms with Crippen LogP contribution in [-0.2, 0) is 13.0 Å². The largest absolute Gasteiger partial charge is 0.491 e. The topological polar surface area (TPSA) is 112 Å².